The molecule has 3 heterocycles. The van der Waals surface area contributed by atoms with Crippen LogP contribution in [-0.2, 0) is 19.4 Å². The third-order valence-electron chi connectivity index (χ3n) is 5.26. The summed E-state index contributed by atoms with van der Waals surface area (Å²) in [5.74, 6) is 2.75. The van der Waals surface area contributed by atoms with E-state index < -0.39 is 0 Å². The minimum absolute atomic E-state index is 0.217. The molecule has 1 fully saturated rings. The summed E-state index contributed by atoms with van der Waals surface area (Å²) < 4.78 is 11.2. The molecule has 2 N–H and O–H groups in total. The molecule has 2 aromatic heterocycles. The average molecular weight is 388 g/mol. The summed E-state index contributed by atoms with van der Waals surface area (Å²) in [6.45, 7) is 10.6. The van der Waals surface area contributed by atoms with Crippen molar-refractivity contribution in [1.82, 2.24) is 20.7 Å². The zero-order chi connectivity index (χ0) is 19.8. The van der Waals surface area contributed by atoms with Gasteiger partial charge in [0.2, 0.25) is 0 Å². The minimum Gasteiger partial charge on any atom is -0.468 e. The number of nitrogens with one attached hydrogen (secondary N) is 2. The SMILES string of the molecule is CCNC(=NCc1c(CC)noc1CC)NCC(c1ccco1)N1CCCC1. The topological polar surface area (TPSA) is 78.8 Å². The first-order valence-electron chi connectivity index (χ1n) is 10.5. The Labute approximate surface area is 167 Å². The molecule has 2 aromatic rings. The van der Waals surface area contributed by atoms with Gasteiger partial charge >= 0.3 is 0 Å². The van der Waals surface area contributed by atoms with Gasteiger partial charge in [0.25, 0.3) is 0 Å². The fourth-order valence-corrected chi connectivity index (χ4v) is 3.75. The second-order valence-electron chi connectivity index (χ2n) is 7.09. The molecule has 28 heavy (non-hydrogen) atoms. The molecule has 0 aromatic carbocycles. The molecule has 1 unspecified atom stereocenters. The van der Waals surface area contributed by atoms with Gasteiger partial charge in [0.1, 0.15) is 11.5 Å². The molecular formula is C21H33N5O2. The molecule has 3 rings (SSSR count). The average Bonchev–Trinajstić information content (AvgIpc) is 3.47. The van der Waals surface area contributed by atoms with Crippen LogP contribution in [-0.4, -0.2) is 42.2 Å². The van der Waals surface area contributed by atoms with Crippen LogP contribution >= 0.6 is 0 Å². The summed E-state index contributed by atoms with van der Waals surface area (Å²) in [7, 11) is 0. The van der Waals surface area contributed by atoms with Crippen molar-refractivity contribution in [2.75, 3.05) is 26.2 Å². The van der Waals surface area contributed by atoms with Gasteiger partial charge in [-0.05, 0) is 51.4 Å². The molecule has 1 saturated heterocycles. The highest BCUT2D eigenvalue weighted by molar-refractivity contribution is 5.79. The first-order chi connectivity index (χ1) is 13.8. The Kier molecular flexibility index (Phi) is 7.54. The van der Waals surface area contributed by atoms with Crippen molar-refractivity contribution in [3.05, 3.63) is 41.2 Å². The normalized spacial score (nSPS) is 16.5. The Morgan fingerprint density at radius 1 is 1.21 bits per heavy atom. The van der Waals surface area contributed by atoms with Crippen LogP contribution in [0.3, 0.4) is 0 Å². The largest absolute Gasteiger partial charge is 0.468 e. The Hall–Kier alpha value is -2.28. The van der Waals surface area contributed by atoms with Gasteiger partial charge in [-0.3, -0.25) is 4.90 Å². The highest BCUT2D eigenvalue weighted by atomic mass is 16.5. The third-order valence-corrected chi connectivity index (χ3v) is 5.26. The van der Waals surface area contributed by atoms with Crippen molar-refractivity contribution < 1.29 is 8.94 Å². The lowest BCUT2D eigenvalue weighted by atomic mass is 10.1. The Morgan fingerprint density at radius 3 is 2.68 bits per heavy atom. The molecule has 7 nitrogen and oxygen atoms in total. The minimum atomic E-state index is 0.217. The molecular weight excluding hydrogens is 354 g/mol. The number of aromatic nitrogens is 1. The van der Waals surface area contributed by atoms with Gasteiger partial charge < -0.3 is 19.6 Å². The standard InChI is InChI=1S/C21H33N5O2/c1-4-17-16(19(5-2)28-25-17)14-23-21(22-6-3)24-15-18(20-10-9-13-27-20)26-11-7-8-12-26/h9-10,13,18H,4-8,11-12,14-15H2,1-3H3,(H2,22,23,24). The first-order valence-corrected chi connectivity index (χ1v) is 10.5. The molecule has 0 bridgehead atoms. The van der Waals surface area contributed by atoms with Crippen LogP contribution in [0.1, 0.15) is 62.4 Å². The summed E-state index contributed by atoms with van der Waals surface area (Å²) in [6.07, 6.45) is 5.93. The van der Waals surface area contributed by atoms with Crippen LogP contribution in [0.25, 0.3) is 0 Å². The van der Waals surface area contributed by atoms with E-state index in [-0.39, 0.29) is 6.04 Å². The second-order valence-corrected chi connectivity index (χ2v) is 7.09. The maximum absolute atomic E-state index is 5.72. The van der Waals surface area contributed by atoms with Gasteiger partial charge in [-0.25, -0.2) is 4.99 Å². The predicted molar refractivity (Wildman–Crippen MR) is 110 cm³/mol. The fourth-order valence-electron chi connectivity index (χ4n) is 3.75. The molecule has 1 aliphatic rings. The summed E-state index contributed by atoms with van der Waals surface area (Å²) in [5.41, 5.74) is 2.12. The monoisotopic (exact) mass is 387 g/mol. The van der Waals surface area contributed by atoms with Crippen molar-refractivity contribution in [3.63, 3.8) is 0 Å². The smallest absolute Gasteiger partial charge is 0.191 e. The van der Waals surface area contributed by atoms with Gasteiger partial charge in [-0.2, -0.15) is 0 Å². The Morgan fingerprint density at radius 2 is 2.04 bits per heavy atom. The lowest BCUT2D eigenvalue weighted by Crippen LogP contribution is -2.42. The Bertz CT molecular complexity index is 711. The van der Waals surface area contributed by atoms with E-state index >= 15 is 0 Å². The number of furan rings is 1. The number of aliphatic imine (C=N–C) groups is 1. The number of nitrogens with zero attached hydrogens (tertiary/aromatic N) is 3. The van der Waals surface area contributed by atoms with Crippen LogP contribution in [0.15, 0.2) is 32.3 Å². The van der Waals surface area contributed by atoms with Crippen LogP contribution in [0.5, 0.6) is 0 Å². The van der Waals surface area contributed by atoms with Crippen LogP contribution in [0.4, 0.5) is 0 Å². The molecule has 1 aliphatic heterocycles. The highest BCUT2D eigenvalue weighted by Gasteiger charge is 2.25. The fraction of sp³-hybridized carbons (Fsp3) is 0.619. The lowest BCUT2D eigenvalue weighted by molar-refractivity contribution is 0.215. The van der Waals surface area contributed by atoms with Gasteiger partial charge in [0.05, 0.1) is 24.5 Å². The molecule has 0 amide bonds. The number of aryl methyl sites for hydroxylation is 2. The first kappa shape index (κ1) is 20.5. The van der Waals surface area contributed by atoms with Gasteiger partial charge in [-0.15, -0.1) is 0 Å². The van der Waals surface area contributed by atoms with Gasteiger partial charge in [0.15, 0.2) is 5.96 Å². The summed E-state index contributed by atoms with van der Waals surface area (Å²) in [6, 6.07) is 4.24. The molecule has 0 aliphatic carbocycles. The van der Waals surface area contributed by atoms with Crippen molar-refractivity contribution in [2.24, 2.45) is 4.99 Å². The van der Waals surface area contributed by atoms with E-state index in [1.807, 2.05) is 6.07 Å². The number of hydrogen-bond donors (Lipinski definition) is 2. The van der Waals surface area contributed by atoms with Gasteiger partial charge in [0, 0.05) is 25.1 Å². The number of likely N-dealkylation sites (tertiary alicyclic amines) is 1. The molecule has 1 atom stereocenters. The van der Waals surface area contributed by atoms with Crippen LogP contribution < -0.4 is 10.6 Å². The molecule has 7 heteroatoms. The van der Waals surface area contributed by atoms with E-state index in [2.05, 4.69) is 47.5 Å². The van der Waals surface area contributed by atoms with Crippen molar-refractivity contribution >= 4 is 5.96 Å². The number of rotatable bonds is 9. The maximum atomic E-state index is 5.72. The predicted octanol–water partition coefficient (Wildman–Crippen LogP) is 3.28. The number of guanidine groups is 1. The summed E-state index contributed by atoms with van der Waals surface area (Å²) >= 11 is 0. The summed E-state index contributed by atoms with van der Waals surface area (Å²) in [5, 5.41) is 11.0. The molecule has 154 valence electrons. The molecule has 0 saturated carbocycles. The van der Waals surface area contributed by atoms with Crippen LogP contribution in [0, 0.1) is 0 Å². The number of hydrogen-bond acceptors (Lipinski definition) is 5. The zero-order valence-corrected chi connectivity index (χ0v) is 17.3. The van der Waals surface area contributed by atoms with Crippen LogP contribution in [0.2, 0.25) is 0 Å². The van der Waals surface area contributed by atoms with E-state index in [9.17, 15) is 0 Å². The summed E-state index contributed by atoms with van der Waals surface area (Å²) in [4.78, 5) is 7.28. The molecule has 0 spiro atoms. The third kappa shape index (κ3) is 4.95. The van der Waals surface area contributed by atoms with E-state index in [0.29, 0.717) is 6.54 Å². The highest BCUT2D eigenvalue weighted by Crippen LogP contribution is 2.25. The second kappa shape index (κ2) is 10.3. The van der Waals surface area contributed by atoms with E-state index in [4.69, 9.17) is 13.9 Å². The lowest BCUT2D eigenvalue weighted by Gasteiger charge is -2.26. The molecule has 0 radical (unpaired) electrons. The Balaban J connectivity index is 1.69. The quantitative estimate of drug-likeness (QED) is 0.508. The van der Waals surface area contributed by atoms with E-state index in [1.54, 1.807) is 6.26 Å². The van der Waals surface area contributed by atoms with Gasteiger partial charge in [-0.1, -0.05) is 19.0 Å². The van der Waals surface area contributed by atoms with E-state index in [0.717, 1.165) is 67.8 Å². The van der Waals surface area contributed by atoms with E-state index in [1.165, 1.54) is 12.8 Å². The maximum Gasteiger partial charge on any atom is 0.191 e. The zero-order valence-electron chi connectivity index (χ0n) is 17.3. The van der Waals surface area contributed by atoms with Crippen molar-refractivity contribution in [3.8, 4) is 0 Å². The van der Waals surface area contributed by atoms with Crippen molar-refractivity contribution in [2.45, 2.75) is 59.0 Å². The van der Waals surface area contributed by atoms with Crippen molar-refractivity contribution in [1.29, 1.82) is 0 Å².